The van der Waals surface area contributed by atoms with E-state index in [4.69, 9.17) is 9.47 Å². The summed E-state index contributed by atoms with van der Waals surface area (Å²) in [5, 5.41) is 9.58. The maximum Gasteiger partial charge on any atom is 0.115 e. The van der Waals surface area contributed by atoms with Crippen molar-refractivity contribution in [1.82, 2.24) is 0 Å². The van der Waals surface area contributed by atoms with E-state index in [1.54, 1.807) is 0 Å². The van der Waals surface area contributed by atoms with Gasteiger partial charge in [0.05, 0.1) is 12.7 Å². The van der Waals surface area contributed by atoms with Gasteiger partial charge in [-0.1, -0.05) is 38.2 Å². The molecule has 0 bridgehead atoms. The SMILES string of the molecule is CCOCCOC1=CCC(C(C)(C)C2=CCC(O)C=C2)C=C1. The average molecular weight is 304 g/mol. The topological polar surface area (TPSA) is 38.7 Å². The Morgan fingerprint density at radius 2 is 1.95 bits per heavy atom. The summed E-state index contributed by atoms with van der Waals surface area (Å²) in [4.78, 5) is 0. The molecule has 2 unspecified atom stereocenters. The van der Waals surface area contributed by atoms with Gasteiger partial charge in [0.1, 0.15) is 12.4 Å². The lowest BCUT2D eigenvalue weighted by Crippen LogP contribution is -2.26. The lowest BCUT2D eigenvalue weighted by Gasteiger charge is -2.36. The molecule has 0 heterocycles. The van der Waals surface area contributed by atoms with Crippen LogP contribution in [0, 0.1) is 11.3 Å². The minimum atomic E-state index is -0.327. The van der Waals surface area contributed by atoms with E-state index < -0.39 is 0 Å². The molecule has 0 radical (unpaired) electrons. The van der Waals surface area contributed by atoms with E-state index in [0.717, 1.165) is 18.8 Å². The first-order valence-corrected chi connectivity index (χ1v) is 8.20. The minimum absolute atomic E-state index is 0.0560. The van der Waals surface area contributed by atoms with Gasteiger partial charge in [0.25, 0.3) is 0 Å². The van der Waals surface area contributed by atoms with Gasteiger partial charge in [-0.3, -0.25) is 0 Å². The molecular formula is C19H28O3. The summed E-state index contributed by atoms with van der Waals surface area (Å²) in [6.45, 7) is 8.49. The molecule has 3 heteroatoms. The summed E-state index contributed by atoms with van der Waals surface area (Å²) in [6.07, 6.45) is 14.0. The van der Waals surface area contributed by atoms with Gasteiger partial charge in [-0.2, -0.15) is 0 Å². The van der Waals surface area contributed by atoms with E-state index in [0.29, 0.717) is 25.6 Å². The quantitative estimate of drug-likeness (QED) is 0.728. The minimum Gasteiger partial charge on any atom is -0.492 e. The zero-order valence-electron chi connectivity index (χ0n) is 13.9. The molecule has 0 fully saturated rings. The first kappa shape index (κ1) is 17.0. The molecule has 0 amide bonds. The zero-order valence-corrected chi connectivity index (χ0v) is 13.9. The molecule has 22 heavy (non-hydrogen) atoms. The Hall–Kier alpha value is -1.32. The first-order valence-electron chi connectivity index (χ1n) is 8.20. The Morgan fingerprint density at radius 3 is 2.55 bits per heavy atom. The van der Waals surface area contributed by atoms with Crippen LogP contribution in [0.2, 0.25) is 0 Å². The highest BCUT2D eigenvalue weighted by atomic mass is 16.5. The summed E-state index contributed by atoms with van der Waals surface area (Å²) in [7, 11) is 0. The van der Waals surface area contributed by atoms with Crippen molar-refractivity contribution in [1.29, 1.82) is 0 Å². The average Bonchev–Trinajstić information content (AvgIpc) is 2.52. The molecule has 0 aromatic heterocycles. The van der Waals surface area contributed by atoms with Crippen molar-refractivity contribution in [3.05, 3.63) is 47.8 Å². The monoisotopic (exact) mass is 304 g/mol. The molecular weight excluding hydrogens is 276 g/mol. The molecule has 3 nitrogen and oxygen atoms in total. The summed E-state index contributed by atoms with van der Waals surface area (Å²) in [6, 6.07) is 0. The van der Waals surface area contributed by atoms with Crippen LogP contribution in [0.25, 0.3) is 0 Å². The Labute approximate surface area is 134 Å². The molecule has 2 aliphatic carbocycles. The number of aliphatic hydroxyl groups excluding tert-OH is 1. The number of hydrogen-bond donors (Lipinski definition) is 1. The number of ether oxygens (including phenoxy) is 2. The third-order valence-corrected chi connectivity index (χ3v) is 4.51. The van der Waals surface area contributed by atoms with Gasteiger partial charge in [-0.25, -0.2) is 0 Å². The second kappa shape index (κ2) is 7.80. The van der Waals surface area contributed by atoms with E-state index in [9.17, 15) is 5.11 Å². The standard InChI is InChI=1S/C19H28O3/c1-4-21-13-14-22-18-11-7-16(8-12-18)19(2,3)15-5-9-17(20)10-6-15/h5-7,9,11-12,16-17,20H,4,8,10,13-14H2,1-3H3. The van der Waals surface area contributed by atoms with Crippen LogP contribution in [-0.4, -0.2) is 31.0 Å². The largest absolute Gasteiger partial charge is 0.492 e. The third-order valence-electron chi connectivity index (χ3n) is 4.51. The molecule has 2 rings (SSSR count). The van der Waals surface area contributed by atoms with Crippen molar-refractivity contribution in [3.63, 3.8) is 0 Å². The normalized spacial score (nSPS) is 24.9. The second-order valence-corrected chi connectivity index (χ2v) is 6.40. The van der Waals surface area contributed by atoms with Crippen molar-refractivity contribution in [2.45, 2.75) is 39.7 Å². The van der Waals surface area contributed by atoms with Gasteiger partial charge in [-0.15, -0.1) is 0 Å². The molecule has 0 aromatic rings. The lowest BCUT2D eigenvalue weighted by atomic mass is 9.69. The fourth-order valence-electron chi connectivity index (χ4n) is 2.91. The van der Waals surface area contributed by atoms with Gasteiger partial charge in [0.2, 0.25) is 0 Å². The predicted octanol–water partition coefficient (Wildman–Crippen LogP) is 3.77. The second-order valence-electron chi connectivity index (χ2n) is 6.40. The van der Waals surface area contributed by atoms with Gasteiger partial charge < -0.3 is 14.6 Å². The fraction of sp³-hybridized carbons (Fsp3) is 0.579. The summed E-state index contributed by atoms with van der Waals surface area (Å²) in [5.74, 6) is 1.38. The van der Waals surface area contributed by atoms with Gasteiger partial charge >= 0.3 is 0 Å². The van der Waals surface area contributed by atoms with E-state index in [-0.39, 0.29) is 11.5 Å². The van der Waals surface area contributed by atoms with Crippen molar-refractivity contribution < 1.29 is 14.6 Å². The van der Waals surface area contributed by atoms with E-state index >= 15 is 0 Å². The summed E-state index contributed by atoms with van der Waals surface area (Å²) >= 11 is 0. The molecule has 2 atom stereocenters. The maximum absolute atomic E-state index is 9.58. The zero-order chi connectivity index (χ0) is 16.0. The molecule has 0 aromatic carbocycles. The van der Waals surface area contributed by atoms with Crippen molar-refractivity contribution in [3.8, 4) is 0 Å². The van der Waals surface area contributed by atoms with Crippen LogP contribution >= 0.6 is 0 Å². The van der Waals surface area contributed by atoms with E-state index in [1.165, 1.54) is 5.57 Å². The fourth-order valence-corrected chi connectivity index (χ4v) is 2.91. The van der Waals surface area contributed by atoms with Gasteiger partial charge in [0, 0.05) is 6.61 Å². The van der Waals surface area contributed by atoms with Gasteiger partial charge in [-0.05, 0) is 48.8 Å². The van der Waals surface area contributed by atoms with Crippen molar-refractivity contribution in [2.75, 3.05) is 19.8 Å². The Balaban J connectivity index is 1.89. The Bertz CT molecular complexity index is 483. The summed E-state index contributed by atoms with van der Waals surface area (Å²) in [5.41, 5.74) is 1.36. The first-order chi connectivity index (χ1) is 10.5. The van der Waals surface area contributed by atoms with E-state index in [1.807, 2.05) is 13.0 Å². The molecule has 2 aliphatic rings. The predicted molar refractivity (Wildman–Crippen MR) is 89.4 cm³/mol. The van der Waals surface area contributed by atoms with Crippen LogP contribution in [0.3, 0.4) is 0 Å². The Morgan fingerprint density at radius 1 is 1.14 bits per heavy atom. The Kier molecular flexibility index (Phi) is 6.04. The highest BCUT2D eigenvalue weighted by Gasteiger charge is 2.31. The van der Waals surface area contributed by atoms with Crippen LogP contribution in [0.5, 0.6) is 0 Å². The molecule has 0 saturated carbocycles. The number of allylic oxidation sites excluding steroid dienone is 5. The van der Waals surface area contributed by atoms with Crippen molar-refractivity contribution in [2.24, 2.45) is 11.3 Å². The van der Waals surface area contributed by atoms with Crippen LogP contribution in [-0.2, 0) is 9.47 Å². The number of rotatable bonds is 7. The van der Waals surface area contributed by atoms with Crippen LogP contribution in [0.15, 0.2) is 47.8 Å². The highest BCUT2D eigenvalue weighted by molar-refractivity contribution is 5.33. The molecule has 0 spiro atoms. The summed E-state index contributed by atoms with van der Waals surface area (Å²) < 4.78 is 11.0. The molecule has 122 valence electrons. The number of aliphatic hydroxyl groups is 1. The molecule has 0 aliphatic heterocycles. The van der Waals surface area contributed by atoms with Crippen molar-refractivity contribution >= 4 is 0 Å². The number of hydrogen-bond acceptors (Lipinski definition) is 3. The van der Waals surface area contributed by atoms with Crippen LogP contribution < -0.4 is 0 Å². The molecule has 1 N–H and O–H groups in total. The van der Waals surface area contributed by atoms with E-state index in [2.05, 4.69) is 44.2 Å². The van der Waals surface area contributed by atoms with Crippen LogP contribution in [0.1, 0.15) is 33.6 Å². The lowest BCUT2D eigenvalue weighted by molar-refractivity contribution is 0.0856. The maximum atomic E-state index is 9.58. The third kappa shape index (κ3) is 4.34. The van der Waals surface area contributed by atoms with Gasteiger partial charge in [0.15, 0.2) is 0 Å². The highest BCUT2D eigenvalue weighted by Crippen LogP contribution is 2.41. The molecule has 0 saturated heterocycles. The smallest absolute Gasteiger partial charge is 0.115 e. The van der Waals surface area contributed by atoms with Crippen LogP contribution in [0.4, 0.5) is 0 Å².